The third kappa shape index (κ3) is 3.27. The maximum atomic E-state index is 13.2. The number of fused-ring (bicyclic) bond motifs is 1. The first kappa shape index (κ1) is 17.9. The van der Waals surface area contributed by atoms with Crippen molar-refractivity contribution in [3.05, 3.63) is 69.4 Å². The van der Waals surface area contributed by atoms with Crippen molar-refractivity contribution in [2.45, 2.75) is 39.5 Å². The van der Waals surface area contributed by atoms with E-state index in [1.54, 1.807) is 6.07 Å². The van der Waals surface area contributed by atoms with Crippen molar-refractivity contribution in [2.24, 2.45) is 0 Å². The van der Waals surface area contributed by atoms with E-state index in [1.807, 2.05) is 50.2 Å². The minimum atomic E-state index is -1.02. The first-order valence-corrected chi connectivity index (χ1v) is 9.07. The van der Waals surface area contributed by atoms with Gasteiger partial charge in [0.05, 0.1) is 16.8 Å². The Labute approximate surface area is 152 Å². The van der Waals surface area contributed by atoms with Crippen LogP contribution in [0.15, 0.2) is 47.3 Å². The molecule has 4 heteroatoms. The molecule has 26 heavy (non-hydrogen) atoms. The van der Waals surface area contributed by atoms with Gasteiger partial charge in [0.15, 0.2) is 5.43 Å². The lowest BCUT2D eigenvalue weighted by atomic mass is 9.96. The summed E-state index contributed by atoms with van der Waals surface area (Å²) in [5.41, 5.74) is 3.71. The summed E-state index contributed by atoms with van der Waals surface area (Å²) in [5.74, 6) is -1.02. The number of pyridine rings is 1. The van der Waals surface area contributed by atoms with Crippen molar-refractivity contribution in [3.63, 3.8) is 0 Å². The molecule has 0 unspecified atom stereocenters. The Morgan fingerprint density at radius 2 is 1.73 bits per heavy atom. The lowest BCUT2D eigenvalue weighted by molar-refractivity contribution is 0.0698. The molecule has 0 aliphatic heterocycles. The molecule has 0 fully saturated rings. The Morgan fingerprint density at radius 1 is 1.04 bits per heavy atom. The Kier molecular flexibility index (Phi) is 5.21. The van der Waals surface area contributed by atoms with Gasteiger partial charge in [-0.15, -0.1) is 0 Å². The molecule has 0 atom stereocenters. The summed E-state index contributed by atoms with van der Waals surface area (Å²) in [6.45, 7) is 4.07. The van der Waals surface area contributed by atoms with Crippen molar-refractivity contribution in [1.82, 2.24) is 4.98 Å². The number of aromatic amines is 1. The van der Waals surface area contributed by atoms with E-state index in [-0.39, 0.29) is 11.0 Å². The molecule has 3 rings (SSSR count). The van der Waals surface area contributed by atoms with Crippen molar-refractivity contribution in [1.29, 1.82) is 0 Å². The third-order valence-corrected chi connectivity index (χ3v) is 4.60. The summed E-state index contributed by atoms with van der Waals surface area (Å²) in [6, 6.07) is 13.1. The molecule has 0 radical (unpaired) electrons. The van der Waals surface area contributed by atoms with Gasteiger partial charge in [0.2, 0.25) is 0 Å². The van der Waals surface area contributed by atoms with Crippen LogP contribution in [-0.4, -0.2) is 16.1 Å². The van der Waals surface area contributed by atoms with Crippen LogP contribution in [0.4, 0.5) is 0 Å². The van der Waals surface area contributed by atoms with E-state index in [1.165, 1.54) is 0 Å². The van der Waals surface area contributed by atoms with E-state index in [4.69, 9.17) is 0 Å². The van der Waals surface area contributed by atoms with Crippen LogP contribution in [0.25, 0.3) is 22.2 Å². The number of benzene rings is 2. The standard InChI is InChI=1S/C22H23NO3/c1-3-8-14-12-17-20(18(13-14)22(25)26)23-19(15-10-6-5-7-11-15)16(9-4-2)21(17)24/h5-7,10-13H,3-4,8-9H2,1-2H3,(H,23,24)(H,25,26). The summed E-state index contributed by atoms with van der Waals surface area (Å²) in [5, 5.41) is 10.1. The topological polar surface area (TPSA) is 70.2 Å². The average Bonchev–Trinajstić information content (AvgIpc) is 2.64. The molecular formula is C22H23NO3. The monoisotopic (exact) mass is 349 g/mol. The molecule has 0 aliphatic carbocycles. The van der Waals surface area contributed by atoms with Crippen LogP contribution in [0.5, 0.6) is 0 Å². The predicted molar refractivity (Wildman–Crippen MR) is 105 cm³/mol. The van der Waals surface area contributed by atoms with Crippen molar-refractivity contribution in [3.8, 4) is 11.3 Å². The van der Waals surface area contributed by atoms with Crippen molar-refractivity contribution >= 4 is 16.9 Å². The number of carbonyl (C=O) groups is 1. The van der Waals surface area contributed by atoms with E-state index >= 15 is 0 Å². The molecule has 1 heterocycles. The van der Waals surface area contributed by atoms with Gasteiger partial charge in [-0.25, -0.2) is 4.79 Å². The Morgan fingerprint density at radius 3 is 2.35 bits per heavy atom. The summed E-state index contributed by atoms with van der Waals surface area (Å²) in [6.07, 6.45) is 3.14. The van der Waals surface area contributed by atoms with Crippen molar-refractivity contribution in [2.75, 3.05) is 0 Å². The van der Waals surface area contributed by atoms with Crippen LogP contribution < -0.4 is 5.43 Å². The van der Waals surface area contributed by atoms with E-state index in [0.717, 1.165) is 41.6 Å². The molecule has 0 spiro atoms. The summed E-state index contributed by atoms with van der Waals surface area (Å²) in [7, 11) is 0. The first-order chi connectivity index (χ1) is 12.6. The molecule has 134 valence electrons. The second-order valence-electron chi connectivity index (χ2n) is 6.54. The number of hydrogen-bond donors (Lipinski definition) is 2. The number of carboxylic acids is 1. The van der Waals surface area contributed by atoms with E-state index < -0.39 is 5.97 Å². The zero-order valence-corrected chi connectivity index (χ0v) is 15.1. The highest BCUT2D eigenvalue weighted by molar-refractivity contribution is 6.03. The molecule has 0 aliphatic rings. The van der Waals surface area contributed by atoms with Gasteiger partial charge in [-0.05, 0) is 36.1 Å². The maximum Gasteiger partial charge on any atom is 0.337 e. The second kappa shape index (κ2) is 7.56. The quantitative estimate of drug-likeness (QED) is 0.671. The van der Waals surface area contributed by atoms with Crippen LogP contribution >= 0.6 is 0 Å². The second-order valence-corrected chi connectivity index (χ2v) is 6.54. The van der Waals surface area contributed by atoms with Gasteiger partial charge in [-0.1, -0.05) is 57.0 Å². The highest BCUT2D eigenvalue weighted by Gasteiger charge is 2.18. The van der Waals surface area contributed by atoms with Crippen LogP contribution in [0.3, 0.4) is 0 Å². The number of nitrogens with one attached hydrogen (secondary N) is 1. The molecule has 1 aromatic heterocycles. The number of hydrogen-bond acceptors (Lipinski definition) is 2. The van der Waals surface area contributed by atoms with Gasteiger partial charge < -0.3 is 10.1 Å². The third-order valence-electron chi connectivity index (χ3n) is 4.60. The van der Waals surface area contributed by atoms with E-state index in [9.17, 15) is 14.7 Å². The van der Waals surface area contributed by atoms with Gasteiger partial charge >= 0.3 is 5.97 Å². The smallest absolute Gasteiger partial charge is 0.337 e. The SMILES string of the molecule is CCCc1cc(C(=O)O)c2[nH]c(-c3ccccc3)c(CCC)c(=O)c2c1. The van der Waals surface area contributed by atoms with Gasteiger partial charge in [0, 0.05) is 10.9 Å². The fraction of sp³-hybridized carbons (Fsp3) is 0.273. The predicted octanol–water partition coefficient (Wildman–Crippen LogP) is 4.80. The first-order valence-electron chi connectivity index (χ1n) is 9.07. The Bertz CT molecular complexity index is 1000. The van der Waals surface area contributed by atoms with Gasteiger partial charge in [-0.2, -0.15) is 0 Å². The van der Waals surface area contributed by atoms with E-state index in [0.29, 0.717) is 17.3 Å². The fourth-order valence-electron chi connectivity index (χ4n) is 3.43. The number of carboxylic acid groups (broad SMARTS) is 1. The molecule has 0 saturated heterocycles. The lowest BCUT2D eigenvalue weighted by Gasteiger charge is -2.14. The molecule has 4 nitrogen and oxygen atoms in total. The molecule has 2 N–H and O–H groups in total. The van der Waals surface area contributed by atoms with Crippen LogP contribution in [0.2, 0.25) is 0 Å². The van der Waals surface area contributed by atoms with E-state index in [2.05, 4.69) is 4.98 Å². The number of aromatic nitrogens is 1. The van der Waals surface area contributed by atoms with Crippen LogP contribution in [0, 0.1) is 0 Å². The minimum Gasteiger partial charge on any atom is -0.478 e. The van der Waals surface area contributed by atoms with Gasteiger partial charge in [0.1, 0.15) is 0 Å². The normalized spacial score (nSPS) is 11.0. The molecule has 0 bridgehead atoms. The minimum absolute atomic E-state index is 0.0695. The van der Waals surface area contributed by atoms with Crippen LogP contribution in [-0.2, 0) is 12.8 Å². The molecule has 3 aromatic rings. The number of rotatable bonds is 6. The zero-order valence-electron chi connectivity index (χ0n) is 15.1. The zero-order chi connectivity index (χ0) is 18.7. The van der Waals surface area contributed by atoms with Crippen molar-refractivity contribution < 1.29 is 9.90 Å². The molecule has 2 aromatic carbocycles. The highest BCUT2D eigenvalue weighted by atomic mass is 16.4. The number of aryl methyl sites for hydroxylation is 1. The number of aromatic carboxylic acids is 1. The summed E-state index contributed by atoms with van der Waals surface area (Å²) in [4.78, 5) is 28.3. The molecular weight excluding hydrogens is 326 g/mol. The van der Waals surface area contributed by atoms with Crippen LogP contribution in [0.1, 0.15) is 48.2 Å². The molecule has 0 amide bonds. The number of H-pyrrole nitrogens is 1. The Balaban J connectivity index is 2.41. The highest BCUT2D eigenvalue weighted by Crippen LogP contribution is 2.26. The fourth-order valence-corrected chi connectivity index (χ4v) is 3.43. The maximum absolute atomic E-state index is 13.2. The van der Waals surface area contributed by atoms with Gasteiger partial charge in [0.25, 0.3) is 0 Å². The lowest BCUT2D eigenvalue weighted by Crippen LogP contribution is -2.15. The summed E-state index contributed by atoms with van der Waals surface area (Å²) < 4.78 is 0. The Hall–Kier alpha value is -2.88. The molecule has 0 saturated carbocycles. The largest absolute Gasteiger partial charge is 0.478 e. The average molecular weight is 349 g/mol. The summed E-state index contributed by atoms with van der Waals surface area (Å²) >= 11 is 0. The van der Waals surface area contributed by atoms with Gasteiger partial charge in [-0.3, -0.25) is 4.79 Å².